The van der Waals surface area contributed by atoms with Crippen LogP contribution in [0.4, 0.5) is 0 Å². The van der Waals surface area contributed by atoms with E-state index in [0.717, 1.165) is 5.56 Å². The molecule has 4 heteroatoms. The average molecular weight is 309 g/mol. The number of methoxy groups -OCH3 is 1. The van der Waals surface area contributed by atoms with Crippen LogP contribution in [-0.2, 0) is 6.42 Å². The molecule has 0 spiro atoms. The number of benzene rings is 2. The number of aryl methyl sites for hydroxylation is 1. The molecular weight excluding hydrogens is 295 g/mol. The molecule has 0 atom stereocenters. The molecule has 0 heterocycles. The molecule has 0 saturated carbocycles. The van der Waals surface area contributed by atoms with Crippen LogP contribution < -0.4 is 4.74 Å². The summed E-state index contributed by atoms with van der Waals surface area (Å²) in [5, 5.41) is 1.10. The Morgan fingerprint density at radius 1 is 1.15 bits per heavy atom. The molecule has 0 aliphatic carbocycles. The summed E-state index contributed by atoms with van der Waals surface area (Å²) in [6.07, 6.45) is 0.194. The van der Waals surface area contributed by atoms with E-state index < -0.39 is 0 Å². The molecule has 0 bridgehead atoms. The van der Waals surface area contributed by atoms with Crippen LogP contribution in [0.15, 0.2) is 36.4 Å². The molecule has 104 valence electrons. The second-order valence-corrected chi connectivity index (χ2v) is 5.38. The highest BCUT2D eigenvalue weighted by molar-refractivity contribution is 6.33. The molecule has 0 aliphatic rings. The van der Waals surface area contributed by atoms with Crippen molar-refractivity contribution in [2.24, 2.45) is 0 Å². The molecule has 2 aromatic carbocycles. The lowest BCUT2D eigenvalue weighted by Crippen LogP contribution is -2.06. The summed E-state index contributed by atoms with van der Waals surface area (Å²) in [5.41, 5.74) is 2.28. The summed E-state index contributed by atoms with van der Waals surface area (Å²) >= 11 is 12.0. The van der Waals surface area contributed by atoms with Crippen LogP contribution in [-0.4, -0.2) is 12.9 Å². The van der Waals surface area contributed by atoms with Crippen molar-refractivity contribution >= 4 is 29.0 Å². The molecule has 0 amide bonds. The zero-order chi connectivity index (χ0) is 14.7. The van der Waals surface area contributed by atoms with Gasteiger partial charge in [-0.2, -0.15) is 0 Å². The maximum Gasteiger partial charge on any atom is 0.171 e. The molecule has 0 N–H and O–H groups in total. The van der Waals surface area contributed by atoms with E-state index in [0.29, 0.717) is 26.9 Å². The van der Waals surface area contributed by atoms with Gasteiger partial charge in [-0.25, -0.2) is 0 Å². The lowest BCUT2D eigenvalue weighted by molar-refractivity contribution is 0.0990. The topological polar surface area (TPSA) is 26.3 Å². The van der Waals surface area contributed by atoms with Crippen molar-refractivity contribution in [2.75, 3.05) is 7.11 Å². The fourth-order valence-corrected chi connectivity index (χ4v) is 2.37. The number of ketones is 1. The summed E-state index contributed by atoms with van der Waals surface area (Å²) in [5.74, 6) is 0.522. The number of ether oxygens (including phenoxy) is 1. The molecule has 2 rings (SSSR count). The molecule has 0 fully saturated rings. The van der Waals surface area contributed by atoms with Crippen LogP contribution in [0, 0.1) is 6.92 Å². The number of rotatable bonds is 4. The third-order valence-electron chi connectivity index (χ3n) is 3.01. The van der Waals surface area contributed by atoms with Gasteiger partial charge < -0.3 is 4.74 Å². The van der Waals surface area contributed by atoms with Gasteiger partial charge in [-0.15, -0.1) is 0 Å². The van der Waals surface area contributed by atoms with Gasteiger partial charge in [0.15, 0.2) is 5.78 Å². The monoisotopic (exact) mass is 308 g/mol. The molecule has 0 saturated heterocycles. The zero-order valence-electron chi connectivity index (χ0n) is 11.2. The Kier molecular flexibility index (Phi) is 4.69. The van der Waals surface area contributed by atoms with Crippen molar-refractivity contribution in [3.05, 3.63) is 63.1 Å². The number of carbonyl (C=O) groups excluding carboxylic acids is 1. The van der Waals surface area contributed by atoms with Crippen molar-refractivity contribution in [2.45, 2.75) is 13.3 Å². The first kappa shape index (κ1) is 14.9. The SMILES string of the molecule is COc1ccc(C)cc1C(=O)Cc1cc(Cl)ccc1Cl. The Morgan fingerprint density at radius 3 is 2.60 bits per heavy atom. The van der Waals surface area contributed by atoms with E-state index in [1.807, 2.05) is 19.1 Å². The minimum absolute atomic E-state index is 0.0466. The van der Waals surface area contributed by atoms with Crippen molar-refractivity contribution in [1.29, 1.82) is 0 Å². The van der Waals surface area contributed by atoms with Gasteiger partial charge in [-0.1, -0.05) is 34.8 Å². The number of Topliss-reactive ketones (excluding diaryl/α,β-unsaturated/α-hetero) is 1. The molecule has 20 heavy (non-hydrogen) atoms. The third-order valence-corrected chi connectivity index (χ3v) is 3.62. The predicted octanol–water partition coefficient (Wildman–Crippen LogP) is 4.74. The molecular formula is C16H14Cl2O2. The Morgan fingerprint density at radius 2 is 1.90 bits per heavy atom. The van der Waals surface area contributed by atoms with E-state index in [4.69, 9.17) is 27.9 Å². The normalized spacial score (nSPS) is 10.4. The van der Waals surface area contributed by atoms with Crippen LogP contribution in [0.2, 0.25) is 10.0 Å². The Bertz CT molecular complexity index is 651. The van der Waals surface area contributed by atoms with Crippen molar-refractivity contribution < 1.29 is 9.53 Å². The van der Waals surface area contributed by atoms with E-state index in [2.05, 4.69) is 0 Å². The lowest BCUT2D eigenvalue weighted by Gasteiger charge is -2.09. The number of hydrogen-bond acceptors (Lipinski definition) is 2. The van der Waals surface area contributed by atoms with Gasteiger partial charge in [-0.05, 0) is 42.8 Å². The minimum Gasteiger partial charge on any atom is -0.496 e. The Labute approximate surface area is 128 Å². The van der Waals surface area contributed by atoms with E-state index in [-0.39, 0.29) is 12.2 Å². The van der Waals surface area contributed by atoms with Crippen LogP contribution >= 0.6 is 23.2 Å². The molecule has 0 radical (unpaired) electrons. The maximum absolute atomic E-state index is 12.4. The van der Waals surface area contributed by atoms with Gasteiger partial charge >= 0.3 is 0 Å². The van der Waals surface area contributed by atoms with Crippen LogP contribution in [0.25, 0.3) is 0 Å². The number of hydrogen-bond donors (Lipinski definition) is 0. The van der Waals surface area contributed by atoms with E-state index in [9.17, 15) is 4.79 Å². The van der Waals surface area contributed by atoms with Crippen LogP contribution in [0.3, 0.4) is 0 Å². The third kappa shape index (κ3) is 3.33. The molecule has 0 unspecified atom stereocenters. The summed E-state index contributed by atoms with van der Waals surface area (Å²) in [6, 6.07) is 10.6. The van der Waals surface area contributed by atoms with Crippen molar-refractivity contribution in [3.8, 4) is 5.75 Å². The highest BCUT2D eigenvalue weighted by Crippen LogP contribution is 2.25. The fourth-order valence-electron chi connectivity index (χ4n) is 1.99. The summed E-state index contributed by atoms with van der Waals surface area (Å²) in [7, 11) is 1.55. The molecule has 2 aromatic rings. The molecule has 0 aliphatic heterocycles. The standard InChI is InChI=1S/C16H14Cl2O2/c1-10-3-6-16(20-2)13(7-10)15(19)9-11-8-12(17)4-5-14(11)18/h3-8H,9H2,1-2H3. The highest BCUT2D eigenvalue weighted by atomic mass is 35.5. The summed E-state index contributed by atoms with van der Waals surface area (Å²) in [6.45, 7) is 1.93. The lowest BCUT2D eigenvalue weighted by atomic mass is 10.0. The van der Waals surface area contributed by atoms with E-state index >= 15 is 0 Å². The van der Waals surface area contributed by atoms with E-state index in [1.165, 1.54) is 0 Å². The largest absolute Gasteiger partial charge is 0.496 e. The van der Waals surface area contributed by atoms with Gasteiger partial charge in [0.25, 0.3) is 0 Å². The summed E-state index contributed by atoms with van der Waals surface area (Å²) < 4.78 is 5.23. The van der Waals surface area contributed by atoms with Crippen LogP contribution in [0.1, 0.15) is 21.5 Å². The first-order valence-electron chi connectivity index (χ1n) is 6.13. The Balaban J connectivity index is 2.32. The highest BCUT2D eigenvalue weighted by Gasteiger charge is 2.15. The quantitative estimate of drug-likeness (QED) is 0.763. The zero-order valence-corrected chi connectivity index (χ0v) is 12.8. The van der Waals surface area contributed by atoms with Gasteiger partial charge in [0, 0.05) is 16.5 Å². The second-order valence-electron chi connectivity index (χ2n) is 4.54. The molecule has 2 nitrogen and oxygen atoms in total. The second kappa shape index (κ2) is 6.29. The first-order valence-corrected chi connectivity index (χ1v) is 6.88. The van der Waals surface area contributed by atoms with Gasteiger partial charge in [0.05, 0.1) is 12.7 Å². The Hall–Kier alpha value is -1.51. The minimum atomic E-state index is -0.0466. The average Bonchev–Trinajstić information content (AvgIpc) is 2.42. The van der Waals surface area contributed by atoms with Gasteiger partial charge in [-0.3, -0.25) is 4.79 Å². The number of halogens is 2. The molecule has 0 aromatic heterocycles. The van der Waals surface area contributed by atoms with Crippen molar-refractivity contribution in [1.82, 2.24) is 0 Å². The maximum atomic E-state index is 12.4. The van der Waals surface area contributed by atoms with Gasteiger partial charge in [0.1, 0.15) is 5.75 Å². The number of carbonyl (C=O) groups is 1. The predicted molar refractivity (Wildman–Crippen MR) is 82.2 cm³/mol. The van der Waals surface area contributed by atoms with E-state index in [1.54, 1.807) is 31.4 Å². The van der Waals surface area contributed by atoms with Crippen LogP contribution in [0.5, 0.6) is 5.75 Å². The van der Waals surface area contributed by atoms with Crippen molar-refractivity contribution in [3.63, 3.8) is 0 Å². The first-order chi connectivity index (χ1) is 9.51. The fraction of sp³-hybridized carbons (Fsp3) is 0.188. The van der Waals surface area contributed by atoms with Gasteiger partial charge in [0.2, 0.25) is 0 Å². The smallest absolute Gasteiger partial charge is 0.171 e. The summed E-state index contributed by atoms with van der Waals surface area (Å²) in [4.78, 5) is 12.4.